The van der Waals surface area contributed by atoms with Crippen molar-refractivity contribution in [1.29, 1.82) is 0 Å². The highest BCUT2D eigenvalue weighted by atomic mass is 16.2. The average Bonchev–Trinajstić information content (AvgIpc) is 2.50. The molecule has 120 valence electrons. The molecule has 0 spiro atoms. The van der Waals surface area contributed by atoms with Gasteiger partial charge in [0.05, 0.1) is 0 Å². The second kappa shape index (κ2) is 18.9. The lowest BCUT2D eigenvalue weighted by Gasteiger charge is -2.01. The fourth-order valence-corrected chi connectivity index (χ4v) is 2.23. The van der Waals surface area contributed by atoms with Crippen LogP contribution in [0.2, 0.25) is 0 Å². The summed E-state index contributed by atoms with van der Waals surface area (Å²) in [6.07, 6.45) is 28.3. The second-order valence-electron chi connectivity index (χ2n) is 5.48. The maximum atomic E-state index is 8.68. The SMILES string of the molecule is C=CC=CC=CC=CCCCCCCCCCCCCO. The number of hydrogen-bond acceptors (Lipinski definition) is 1. The quantitative estimate of drug-likeness (QED) is 0.284. The summed E-state index contributed by atoms with van der Waals surface area (Å²) in [5.41, 5.74) is 0. The first-order chi connectivity index (χ1) is 10.4. The van der Waals surface area contributed by atoms with Gasteiger partial charge < -0.3 is 5.11 Å². The molecule has 0 rings (SSSR count). The maximum absolute atomic E-state index is 8.68. The number of allylic oxidation sites excluding steroid dienone is 7. The Bertz CT molecular complexity index is 286. The molecule has 1 heteroatoms. The van der Waals surface area contributed by atoms with E-state index >= 15 is 0 Å². The van der Waals surface area contributed by atoms with Gasteiger partial charge in [0.2, 0.25) is 0 Å². The van der Waals surface area contributed by atoms with E-state index in [4.69, 9.17) is 5.11 Å². The summed E-state index contributed by atoms with van der Waals surface area (Å²) in [5, 5.41) is 8.68. The predicted molar refractivity (Wildman–Crippen MR) is 95.5 cm³/mol. The van der Waals surface area contributed by atoms with Crippen LogP contribution in [0.25, 0.3) is 0 Å². The fraction of sp³-hybridized carbons (Fsp3) is 0.600. The molecule has 0 saturated carbocycles. The van der Waals surface area contributed by atoms with E-state index in [9.17, 15) is 0 Å². The van der Waals surface area contributed by atoms with E-state index in [1.54, 1.807) is 6.08 Å². The Balaban J connectivity index is 3.15. The predicted octanol–water partition coefficient (Wildman–Crippen LogP) is 6.12. The van der Waals surface area contributed by atoms with Crippen molar-refractivity contribution >= 4 is 0 Å². The molecule has 0 aliphatic rings. The summed E-state index contributed by atoms with van der Waals surface area (Å²) < 4.78 is 0. The van der Waals surface area contributed by atoms with Gasteiger partial charge in [-0.15, -0.1) is 0 Å². The fourth-order valence-electron chi connectivity index (χ4n) is 2.23. The second-order valence-corrected chi connectivity index (χ2v) is 5.48. The topological polar surface area (TPSA) is 20.2 Å². The molecule has 0 aromatic rings. The molecule has 0 heterocycles. The molecular formula is C20H34O. The lowest BCUT2D eigenvalue weighted by molar-refractivity contribution is 0.282. The zero-order valence-corrected chi connectivity index (χ0v) is 13.7. The van der Waals surface area contributed by atoms with Crippen LogP contribution >= 0.6 is 0 Å². The molecule has 0 amide bonds. The molecule has 0 unspecified atom stereocenters. The summed E-state index contributed by atoms with van der Waals surface area (Å²) in [4.78, 5) is 0. The highest BCUT2D eigenvalue weighted by Gasteiger charge is 1.92. The summed E-state index contributed by atoms with van der Waals surface area (Å²) in [5.74, 6) is 0. The van der Waals surface area contributed by atoms with Crippen molar-refractivity contribution in [3.63, 3.8) is 0 Å². The first-order valence-electron chi connectivity index (χ1n) is 8.63. The van der Waals surface area contributed by atoms with Crippen molar-refractivity contribution in [3.05, 3.63) is 49.1 Å². The largest absolute Gasteiger partial charge is 0.396 e. The average molecular weight is 290 g/mol. The molecule has 21 heavy (non-hydrogen) atoms. The van der Waals surface area contributed by atoms with Gasteiger partial charge in [0.15, 0.2) is 0 Å². The van der Waals surface area contributed by atoms with Crippen LogP contribution in [0.5, 0.6) is 0 Å². The third-order valence-electron chi connectivity index (χ3n) is 3.50. The van der Waals surface area contributed by atoms with Gasteiger partial charge in [0.25, 0.3) is 0 Å². The van der Waals surface area contributed by atoms with Gasteiger partial charge in [-0.05, 0) is 19.3 Å². The summed E-state index contributed by atoms with van der Waals surface area (Å²) >= 11 is 0. The molecule has 0 aliphatic heterocycles. The third-order valence-corrected chi connectivity index (χ3v) is 3.50. The molecule has 0 fully saturated rings. The molecule has 0 aromatic carbocycles. The minimum atomic E-state index is 0.357. The maximum Gasteiger partial charge on any atom is 0.0431 e. The molecule has 1 nitrogen and oxygen atoms in total. The Kier molecular flexibility index (Phi) is 17.9. The van der Waals surface area contributed by atoms with E-state index in [1.807, 2.05) is 18.2 Å². The van der Waals surface area contributed by atoms with Gasteiger partial charge in [0.1, 0.15) is 0 Å². The lowest BCUT2D eigenvalue weighted by atomic mass is 10.1. The number of aliphatic hydroxyl groups is 1. The van der Waals surface area contributed by atoms with Crippen molar-refractivity contribution < 1.29 is 5.11 Å². The van der Waals surface area contributed by atoms with Crippen molar-refractivity contribution in [3.8, 4) is 0 Å². The number of unbranched alkanes of at least 4 members (excludes halogenated alkanes) is 10. The molecule has 0 aliphatic carbocycles. The summed E-state index contributed by atoms with van der Waals surface area (Å²) in [7, 11) is 0. The molecular weight excluding hydrogens is 256 g/mol. The number of aliphatic hydroxyl groups excluding tert-OH is 1. The molecule has 0 bridgehead atoms. The molecule has 0 radical (unpaired) electrons. The third kappa shape index (κ3) is 18.9. The van der Waals surface area contributed by atoms with Crippen LogP contribution in [0.1, 0.15) is 70.6 Å². The normalized spacial score (nSPS) is 12.0. The van der Waals surface area contributed by atoms with Crippen molar-refractivity contribution in [2.75, 3.05) is 6.61 Å². The van der Waals surface area contributed by atoms with E-state index in [-0.39, 0.29) is 0 Å². The van der Waals surface area contributed by atoms with E-state index in [0.717, 1.165) is 6.42 Å². The minimum Gasteiger partial charge on any atom is -0.396 e. The molecule has 1 N–H and O–H groups in total. The first-order valence-corrected chi connectivity index (χ1v) is 8.63. The first kappa shape index (κ1) is 19.9. The van der Waals surface area contributed by atoms with Gasteiger partial charge in [-0.2, -0.15) is 0 Å². The van der Waals surface area contributed by atoms with Crippen LogP contribution in [0, 0.1) is 0 Å². The number of rotatable bonds is 15. The van der Waals surface area contributed by atoms with E-state index in [0.29, 0.717) is 6.61 Å². The Morgan fingerprint density at radius 2 is 1.05 bits per heavy atom. The summed E-state index contributed by atoms with van der Waals surface area (Å²) in [6, 6.07) is 0. The van der Waals surface area contributed by atoms with Crippen LogP contribution in [0.4, 0.5) is 0 Å². The van der Waals surface area contributed by atoms with Gasteiger partial charge in [-0.25, -0.2) is 0 Å². The molecule has 0 saturated heterocycles. The van der Waals surface area contributed by atoms with Crippen molar-refractivity contribution in [1.82, 2.24) is 0 Å². The van der Waals surface area contributed by atoms with Gasteiger partial charge in [-0.3, -0.25) is 0 Å². The van der Waals surface area contributed by atoms with Crippen molar-refractivity contribution in [2.24, 2.45) is 0 Å². The van der Waals surface area contributed by atoms with Crippen LogP contribution in [-0.4, -0.2) is 11.7 Å². The van der Waals surface area contributed by atoms with E-state index in [1.165, 1.54) is 64.2 Å². The van der Waals surface area contributed by atoms with Gasteiger partial charge in [0, 0.05) is 6.61 Å². The lowest BCUT2D eigenvalue weighted by Crippen LogP contribution is -1.84. The minimum absolute atomic E-state index is 0.357. The van der Waals surface area contributed by atoms with Crippen LogP contribution in [0.15, 0.2) is 49.1 Å². The van der Waals surface area contributed by atoms with E-state index in [2.05, 4.69) is 24.8 Å². The van der Waals surface area contributed by atoms with E-state index < -0.39 is 0 Å². The Labute approximate surface area is 132 Å². The Hall–Kier alpha value is -1.08. The summed E-state index contributed by atoms with van der Waals surface area (Å²) in [6.45, 7) is 3.98. The Morgan fingerprint density at radius 1 is 0.571 bits per heavy atom. The van der Waals surface area contributed by atoms with Gasteiger partial charge in [-0.1, -0.05) is 100 Å². The molecule has 0 atom stereocenters. The molecule has 0 aromatic heterocycles. The Morgan fingerprint density at radius 3 is 1.62 bits per heavy atom. The highest BCUT2D eigenvalue weighted by molar-refractivity contribution is 5.14. The van der Waals surface area contributed by atoms with Crippen molar-refractivity contribution in [2.45, 2.75) is 70.6 Å². The highest BCUT2D eigenvalue weighted by Crippen LogP contribution is 2.11. The zero-order chi connectivity index (χ0) is 15.4. The van der Waals surface area contributed by atoms with Crippen LogP contribution in [0.3, 0.4) is 0 Å². The zero-order valence-electron chi connectivity index (χ0n) is 13.7. The monoisotopic (exact) mass is 290 g/mol. The number of hydrogen-bond donors (Lipinski definition) is 1. The standard InChI is InChI=1S/C20H34O/c1-2-3-4-5-6-7-8-9-10-11-12-13-14-15-16-17-18-19-20-21/h2-8,21H,1,9-20H2. The van der Waals surface area contributed by atoms with Gasteiger partial charge >= 0.3 is 0 Å². The van der Waals surface area contributed by atoms with Crippen LogP contribution in [-0.2, 0) is 0 Å². The smallest absolute Gasteiger partial charge is 0.0431 e. The van der Waals surface area contributed by atoms with Crippen LogP contribution < -0.4 is 0 Å².